The van der Waals surface area contributed by atoms with Crippen molar-refractivity contribution in [2.75, 3.05) is 6.61 Å². The molecule has 0 radical (unpaired) electrons. The van der Waals surface area contributed by atoms with Crippen LogP contribution in [-0.2, 0) is 16.0 Å². The zero-order valence-electron chi connectivity index (χ0n) is 8.70. The largest absolute Gasteiger partial charge is 0.481 e. The molecule has 0 aromatic heterocycles. The molecule has 0 atom stereocenters. The Balaban J connectivity index is 3.11. The Bertz CT molecular complexity index is 414. The standard InChI is InChI=1S/C11H11FO4/c1-2-16-11(15)7-4-3-5-9(12)8(7)6-10(13)14/h3-5H,2,6H2,1H3,(H,13,14). The first-order valence-electron chi connectivity index (χ1n) is 4.72. The van der Waals surface area contributed by atoms with Gasteiger partial charge in [0.1, 0.15) is 5.82 Å². The molecule has 0 saturated heterocycles. The molecule has 16 heavy (non-hydrogen) atoms. The first-order valence-corrected chi connectivity index (χ1v) is 4.72. The summed E-state index contributed by atoms with van der Waals surface area (Å²) in [7, 11) is 0. The number of carbonyl (C=O) groups excluding carboxylic acids is 1. The SMILES string of the molecule is CCOC(=O)c1cccc(F)c1CC(=O)O. The van der Waals surface area contributed by atoms with Crippen LogP contribution in [0.5, 0.6) is 0 Å². The first kappa shape index (κ1) is 12.2. The number of benzene rings is 1. The molecule has 0 saturated carbocycles. The maximum atomic E-state index is 13.3. The van der Waals surface area contributed by atoms with Crippen molar-refractivity contribution in [1.29, 1.82) is 0 Å². The summed E-state index contributed by atoms with van der Waals surface area (Å²) in [6.45, 7) is 1.77. The Morgan fingerprint density at radius 3 is 2.69 bits per heavy atom. The predicted octanol–water partition coefficient (Wildman–Crippen LogP) is 1.63. The lowest BCUT2D eigenvalue weighted by atomic mass is 10.0. The van der Waals surface area contributed by atoms with E-state index in [1.54, 1.807) is 6.92 Å². The van der Waals surface area contributed by atoms with Crippen LogP contribution in [0.3, 0.4) is 0 Å². The summed E-state index contributed by atoms with van der Waals surface area (Å²) in [5, 5.41) is 8.61. The Hall–Kier alpha value is -1.91. The Kier molecular flexibility index (Phi) is 3.99. The summed E-state index contributed by atoms with van der Waals surface area (Å²) in [6, 6.07) is 3.80. The lowest BCUT2D eigenvalue weighted by Crippen LogP contribution is -2.12. The van der Waals surface area contributed by atoms with Gasteiger partial charge in [0, 0.05) is 5.56 Å². The lowest BCUT2D eigenvalue weighted by Gasteiger charge is -2.07. The van der Waals surface area contributed by atoms with E-state index in [-0.39, 0.29) is 17.7 Å². The van der Waals surface area contributed by atoms with Crippen LogP contribution in [0.4, 0.5) is 4.39 Å². The molecule has 0 amide bonds. The molecule has 5 heteroatoms. The molecule has 0 fully saturated rings. The van der Waals surface area contributed by atoms with Crippen LogP contribution in [0, 0.1) is 5.82 Å². The van der Waals surface area contributed by atoms with Crippen molar-refractivity contribution >= 4 is 11.9 Å². The second-order valence-corrected chi connectivity index (χ2v) is 3.06. The second kappa shape index (κ2) is 5.25. The van der Waals surface area contributed by atoms with Gasteiger partial charge in [0.15, 0.2) is 0 Å². The van der Waals surface area contributed by atoms with Gasteiger partial charge in [-0.15, -0.1) is 0 Å². The molecule has 0 heterocycles. The number of aliphatic carboxylic acids is 1. The second-order valence-electron chi connectivity index (χ2n) is 3.06. The van der Waals surface area contributed by atoms with Crippen LogP contribution in [0.1, 0.15) is 22.8 Å². The van der Waals surface area contributed by atoms with Gasteiger partial charge in [-0.05, 0) is 19.1 Å². The van der Waals surface area contributed by atoms with E-state index in [1.807, 2.05) is 0 Å². The average molecular weight is 226 g/mol. The van der Waals surface area contributed by atoms with Crippen LogP contribution in [-0.4, -0.2) is 23.7 Å². The summed E-state index contributed by atoms with van der Waals surface area (Å²) in [5.74, 6) is -2.62. The highest BCUT2D eigenvalue weighted by atomic mass is 19.1. The van der Waals surface area contributed by atoms with Crippen LogP contribution in [0.2, 0.25) is 0 Å². The van der Waals surface area contributed by atoms with Crippen LogP contribution in [0.25, 0.3) is 0 Å². The number of carboxylic acids is 1. The van der Waals surface area contributed by atoms with Crippen molar-refractivity contribution in [2.24, 2.45) is 0 Å². The molecule has 1 rings (SSSR count). The Morgan fingerprint density at radius 1 is 1.44 bits per heavy atom. The molecule has 0 bridgehead atoms. The highest BCUT2D eigenvalue weighted by Crippen LogP contribution is 2.15. The fourth-order valence-corrected chi connectivity index (χ4v) is 1.29. The minimum absolute atomic E-state index is 0.0377. The number of halogens is 1. The smallest absolute Gasteiger partial charge is 0.338 e. The molecule has 86 valence electrons. The normalized spacial score (nSPS) is 9.88. The van der Waals surface area contributed by atoms with E-state index in [1.165, 1.54) is 12.1 Å². The van der Waals surface area contributed by atoms with E-state index in [2.05, 4.69) is 0 Å². The van der Waals surface area contributed by atoms with Gasteiger partial charge in [0.05, 0.1) is 18.6 Å². The van der Waals surface area contributed by atoms with E-state index in [0.29, 0.717) is 0 Å². The fraction of sp³-hybridized carbons (Fsp3) is 0.273. The quantitative estimate of drug-likeness (QED) is 0.792. The van der Waals surface area contributed by atoms with E-state index in [4.69, 9.17) is 9.84 Å². The van der Waals surface area contributed by atoms with Crippen LogP contribution < -0.4 is 0 Å². The summed E-state index contributed by atoms with van der Waals surface area (Å²) in [6.07, 6.45) is -0.541. The molecule has 0 aliphatic heterocycles. The number of hydrogen-bond acceptors (Lipinski definition) is 3. The average Bonchev–Trinajstić information content (AvgIpc) is 2.20. The third kappa shape index (κ3) is 2.79. The summed E-state index contributed by atoms with van der Waals surface area (Å²) in [4.78, 5) is 22.0. The third-order valence-electron chi connectivity index (χ3n) is 1.94. The highest BCUT2D eigenvalue weighted by Gasteiger charge is 2.17. The molecule has 1 aromatic rings. The number of carboxylic acid groups (broad SMARTS) is 1. The van der Waals surface area contributed by atoms with Gasteiger partial charge in [-0.2, -0.15) is 0 Å². The maximum Gasteiger partial charge on any atom is 0.338 e. The van der Waals surface area contributed by atoms with Crippen molar-refractivity contribution in [3.63, 3.8) is 0 Å². The molecule has 1 aromatic carbocycles. The molecule has 0 unspecified atom stereocenters. The molecule has 0 spiro atoms. The lowest BCUT2D eigenvalue weighted by molar-refractivity contribution is -0.136. The molecule has 0 aliphatic rings. The van der Waals surface area contributed by atoms with Crippen molar-refractivity contribution in [1.82, 2.24) is 0 Å². The van der Waals surface area contributed by atoms with Gasteiger partial charge < -0.3 is 9.84 Å². The minimum atomic E-state index is -1.20. The Labute approximate surface area is 91.7 Å². The van der Waals surface area contributed by atoms with E-state index in [9.17, 15) is 14.0 Å². The zero-order chi connectivity index (χ0) is 12.1. The van der Waals surface area contributed by atoms with Crippen LogP contribution in [0.15, 0.2) is 18.2 Å². The molecular weight excluding hydrogens is 215 g/mol. The minimum Gasteiger partial charge on any atom is -0.481 e. The van der Waals surface area contributed by atoms with Crippen molar-refractivity contribution in [3.05, 3.63) is 35.1 Å². The zero-order valence-corrected chi connectivity index (χ0v) is 8.70. The predicted molar refractivity (Wildman–Crippen MR) is 53.7 cm³/mol. The summed E-state index contributed by atoms with van der Waals surface area (Å²) < 4.78 is 18.0. The molecule has 0 aliphatic carbocycles. The van der Waals surface area contributed by atoms with E-state index in [0.717, 1.165) is 6.07 Å². The highest BCUT2D eigenvalue weighted by molar-refractivity contribution is 5.92. The topological polar surface area (TPSA) is 63.6 Å². The van der Waals surface area contributed by atoms with Gasteiger partial charge in [-0.1, -0.05) is 6.07 Å². The van der Waals surface area contributed by atoms with Crippen molar-refractivity contribution < 1.29 is 23.8 Å². The van der Waals surface area contributed by atoms with Gasteiger partial charge >= 0.3 is 11.9 Å². The third-order valence-corrected chi connectivity index (χ3v) is 1.94. The van der Waals surface area contributed by atoms with Crippen LogP contribution >= 0.6 is 0 Å². The Morgan fingerprint density at radius 2 is 2.12 bits per heavy atom. The van der Waals surface area contributed by atoms with E-state index >= 15 is 0 Å². The number of hydrogen-bond donors (Lipinski definition) is 1. The molecular formula is C11H11FO4. The van der Waals surface area contributed by atoms with Crippen molar-refractivity contribution in [3.8, 4) is 0 Å². The number of carbonyl (C=O) groups is 2. The van der Waals surface area contributed by atoms with Gasteiger partial charge in [0.25, 0.3) is 0 Å². The number of ether oxygens (including phenoxy) is 1. The fourth-order valence-electron chi connectivity index (χ4n) is 1.29. The molecule has 4 nitrogen and oxygen atoms in total. The van der Waals surface area contributed by atoms with Crippen molar-refractivity contribution in [2.45, 2.75) is 13.3 Å². The first-order chi connectivity index (χ1) is 7.56. The summed E-state index contributed by atoms with van der Waals surface area (Å²) >= 11 is 0. The van der Waals surface area contributed by atoms with E-state index < -0.39 is 24.2 Å². The number of esters is 1. The molecule has 1 N–H and O–H groups in total. The maximum absolute atomic E-state index is 13.3. The monoisotopic (exact) mass is 226 g/mol. The van der Waals surface area contributed by atoms with Gasteiger partial charge in [0.2, 0.25) is 0 Å². The number of rotatable bonds is 4. The summed E-state index contributed by atoms with van der Waals surface area (Å²) in [5.41, 5.74) is -0.183. The van der Waals surface area contributed by atoms with Gasteiger partial charge in [-0.3, -0.25) is 4.79 Å². The van der Waals surface area contributed by atoms with Gasteiger partial charge in [-0.25, -0.2) is 9.18 Å².